The van der Waals surface area contributed by atoms with Crippen LogP contribution in [0.2, 0.25) is 0 Å². The number of halogens is 1. The molecule has 0 aliphatic heterocycles. The third kappa shape index (κ3) is 2.33. The average Bonchev–Trinajstić information content (AvgIpc) is 2.04. The zero-order valence-corrected chi connectivity index (χ0v) is 7.73. The maximum atomic E-state index is 12.9. The molecule has 1 heteroatoms. The fraction of sp³-hybridized carbons (Fsp3) is 0.455. The highest BCUT2D eigenvalue weighted by molar-refractivity contribution is 5.24. The van der Waals surface area contributed by atoms with E-state index < -0.39 is 0 Å². The molecule has 12 heavy (non-hydrogen) atoms. The van der Waals surface area contributed by atoms with E-state index in [9.17, 15) is 4.39 Å². The molecule has 1 aromatic carbocycles. The summed E-state index contributed by atoms with van der Waals surface area (Å²) in [6, 6.07) is 5.33. The lowest BCUT2D eigenvalue weighted by molar-refractivity contribution is 0.622. The SMILES string of the molecule is CCCc1cc(F)cc(CC)c1. The summed E-state index contributed by atoms with van der Waals surface area (Å²) in [5.41, 5.74) is 2.22. The van der Waals surface area contributed by atoms with Crippen LogP contribution in [0.1, 0.15) is 31.4 Å². The zero-order valence-electron chi connectivity index (χ0n) is 7.73. The molecule has 0 aliphatic rings. The number of benzene rings is 1. The lowest BCUT2D eigenvalue weighted by Gasteiger charge is -2.02. The first kappa shape index (κ1) is 9.24. The summed E-state index contributed by atoms with van der Waals surface area (Å²) in [6.45, 7) is 4.15. The highest BCUT2D eigenvalue weighted by atomic mass is 19.1. The van der Waals surface area contributed by atoms with Gasteiger partial charge in [-0.2, -0.15) is 0 Å². The Kier molecular flexibility index (Phi) is 3.27. The fourth-order valence-corrected chi connectivity index (χ4v) is 1.35. The number of hydrogen-bond donors (Lipinski definition) is 0. The topological polar surface area (TPSA) is 0 Å². The smallest absolute Gasteiger partial charge is 0.123 e. The van der Waals surface area contributed by atoms with Crippen LogP contribution in [0.15, 0.2) is 18.2 Å². The highest BCUT2D eigenvalue weighted by Crippen LogP contribution is 2.11. The Morgan fingerprint density at radius 1 is 1.08 bits per heavy atom. The molecule has 0 bridgehead atoms. The summed E-state index contributed by atoms with van der Waals surface area (Å²) in [5.74, 6) is -0.0993. The Balaban J connectivity index is 2.90. The summed E-state index contributed by atoms with van der Waals surface area (Å²) in [4.78, 5) is 0. The van der Waals surface area contributed by atoms with Crippen molar-refractivity contribution < 1.29 is 4.39 Å². The average molecular weight is 166 g/mol. The first-order valence-electron chi connectivity index (χ1n) is 4.54. The third-order valence-electron chi connectivity index (χ3n) is 1.96. The maximum absolute atomic E-state index is 12.9. The molecule has 0 atom stereocenters. The van der Waals surface area contributed by atoms with E-state index in [0.717, 1.165) is 30.4 Å². The molecular weight excluding hydrogens is 151 g/mol. The monoisotopic (exact) mass is 166 g/mol. The van der Waals surface area contributed by atoms with E-state index in [-0.39, 0.29) is 5.82 Å². The van der Waals surface area contributed by atoms with Crippen molar-refractivity contribution >= 4 is 0 Å². The Morgan fingerprint density at radius 3 is 2.33 bits per heavy atom. The molecule has 0 unspecified atom stereocenters. The van der Waals surface area contributed by atoms with E-state index in [1.54, 1.807) is 12.1 Å². The van der Waals surface area contributed by atoms with Crippen LogP contribution in [-0.2, 0) is 12.8 Å². The predicted octanol–water partition coefficient (Wildman–Crippen LogP) is 3.34. The van der Waals surface area contributed by atoms with E-state index in [1.807, 2.05) is 6.92 Å². The van der Waals surface area contributed by atoms with Gasteiger partial charge in [-0.15, -0.1) is 0 Å². The standard InChI is InChI=1S/C11H15F/c1-3-5-10-6-9(4-2)7-11(12)8-10/h6-8H,3-5H2,1-2H3. The second kappa shape index (κ2) is 4.24. The molecule has 0 saturated carbocycles. The molecule has 1 rings (SSSR count). The van der Waals surface area contributed by atoms with Gasteiger partial charge in [-0.05, 0) is 36.1 Å². The zero-order chi connectivity index (χ0) is 8.97. The summed E-state index contributed by atoms with van der Waals surface area (Å²) < 4.78 is 12.9. The van der Waals surface area contributed by atoms with E-state index in [0.29, 0.717) is 0 Å². The van der Waals surface area contributed by atoms with Gasteiger partial charge in [-0.25, -0.2) is 4.39 Å². The highest BCUT2D eigenvalue weighted by Gasteiger charge is 1.98. The van der Waals surface area contributed by atoms with Crippen molar-refractivity contribution in [2.24, 2.45) is 0 Å². The van der Waals surface area contributed by atoms with Gasteiger partial charge in [-0.1, -0.05) is 26.3 Å². The van der Waals surface area contributed by atoms with Crippen LogP contribution in [0.4, 0.5) is 4.39 Å². The van der Waals surface area contributed by atoms with Crippen molar-refractivity contribution in [2.75, 3.05) is 0 Å². The molecule has 0 N–H and O–H groups in total. The molecule has 0 radical (unpaired) electrons. The molecule has 66 valence electrons. The normalized spacial score (nSPS) is 10.2. The summed E-state index contributed by atoms with van der Waals surface area (Å²) in [6.07, 6.45) is 2.96. The Hall–Kier alpha value is -0.850. The van der Waals surface area contributed by atoms with Gasteiger partial charge in [-0.3, -0.25) is 0 Å². The minimum absolute atomic E-state index is 0.0993. The minimum atomic E-state index is -0.0993. The van der Waals surface area contributed by atoms with Crippen LogP contribution in [0.3, 0.4) is 0 Å². The number of rotatable bonds is 3. The van der Waals surface area contributed by atoms with Gasteiger partial charge in [0.1, 0.15) is 5.82 Å². The molecule has 0 fully saturated rings. The van der Waals surface area contributed by atoms with Crippen molar-refractivity contribution in [3.05, 3.63) is 35.1 Å². The molecule has 0 saturated heterocycles. The van der Waals surface area contributed by atoms with E-state index >= 15 is 0 Å². The van der Waals surface area contributed by atoms with Crippen molar-refractivity contribution in [3.63, 3.8) is 0 Å². The summed E-state index contributed by atoms with van der Waals surface area (Å²) in [5, 5.41) is 0. The largest absolute Gasteiger partial charge is 0.207 e. The second-order valence-corrected chi connectivity index (χ2v) is 3.07. The number of hydrogen-bond acceptors (Lipinski definition) is 0. The van der Waals surface area contributed by atoms with Gasteiger partial charge < -0.3 is 0 Å². The third-order valence-corrected chi connectivity index (χ3v) is 1.96. The van der Waals surface area contributed by atoms with Crippen molar-refractivity contribution in [2.45, 2.75) is 33.1 Å². The Bertz CT molecular complexity index is 253. The van der Waals surface area contributed by atoms with Gasteiger partial charge in [0.2, 0.25) is 0 Å². The Morgan fingerprint density at radius 2 is 1.75 bits per heavy atom. The molecule has 0 aromatic heterocycles. The van der Waals surface area contributed by atoms with Crippen LogP contribution in [0.25, 0.3) is 0 Å². The quantitative estimate of drug-likeness (QED) is 0.646. The van der Waals surface area contributed by atoms with Crippen molar-refractivity contribution in [1.29, 1.82) is 0 Å². The fourth-order valence-electron chi connectivity index (χ4n) is 1.35. The predicted molar refractivity (Wildman–Crippen MR) is 49.8 cm³/mol. The van der Waals surface area contributed by atoms with Gasteiger partial charge in [0.05, 0.1) is 0 Å². The van der Waals surface area contributed by atoms with Gasteiger partial charge in [0.15, 0.2) is 0 Å². The lowest BCUT2D eigenvalue weighted by Crippen LogP contribution is -1.89. The van der Waals surface area contributed by atoms with E-state index in [4.69, 9.17) is 0 Å². The first-order valence-corrected chi connectivity index (χ1v) is 4.54. The second-order valence-electron chi connectivity index (χ2n) is 3.07. The van der Waals surface area contributed by atoms with Crippen LogP contribution >= 0.6 is 0 Å². The molecule has 1 aromatic rings. The van der Waals surface area contributed by atoms with Gasteiger partial charge in [0, 0.05) is 0 Å². The van der Waals surface area contributed by atoms with Crippen LogP contribution < -0.4 is 0 Å². The molecule has 0 amide bonds. The number of aryl methyl sites for hydroxylation is 2. The molecule has 0 aliphatic carbocycles. The molecule has 0 heterocycles. The van der Waals surface area contributed by atoms with Crippen molar-refractivity contribution in [1.82, 2.24) is 0 Å². The molecular formula is C11H15F. The van der Waals surface area contributed by atoms with Crippen LogP contribution in [-0.4, -0.2) is 0 Å². The maximum Gasteiger partial charge on any atom is 0.123 e. The first-order chi connectivity index (χ1) is 5.76. The van der Waals surface area contributed by atoms with Crippen LogP contribution in [0.5, 0.6) is 0 Å². The Labute approximate surface area is 73.4 Å². The summed E-state index contributed by atoms with van der Waals surface area (Å²) in [7, 11) is 0. The van der Waals surface area contributed by atoms with Crippen molar-refractivity contribution in [3.8, 4) is 0 Å². The van der Waals surface area contributed by atoms with Gasteiger partial charge >= 0.3 is 0 Å². The lowest BCUT2D eigenvalue weighted by atomic mass is 10.1. The molecule has 0 nitrogen and oxygen atoms in total. The van der Waals surface area contributed by atoms with Crippen LogP contribution in [0, 0.1) is 5.82 Å². The van der Waals surface area contributed by atoms with E-state index in [2.05, 4.69) is 13.0 Å². The van der Waals surface area contributed by atoms with Gasteiger partial charge in [0.25, 0.3) is 0 Å². The molecule has 0 spiro atoms. The minimum Gasteiger partial charge on any atom is -0.207 e. The summed E-state index contributed by atoms with van der Waals surface area (Å²) >= 11 is 0. The van der Waals surface area contributed by atoms with E-state index in [1.165, 1.54) is 0 Å².